The zero-order valence-corrected chi connectivity index (χ0v) is 7.30. The standard InChI is InChI=1S/C8H17NO2/c1-9-6-7-4-3-5-8(10-2)11-7/h7-9H,3-6H2,1-2H3/t7?,8-/m0/s1. The first-order valence-corrected chi connectivity index (χ1v) is 4.19. The van der Waals surface area contributed by atoms with Crippen LogP contribution in [-0.4, -0.2) is 33.1 Å². The SMILES string of the molecule is CNCC1CCC[C@@H](OC)O1. The van der Waals surface area contributed by atoms with Crippen LogP contribution in [0.15, 0.2) is 0 Å². The molecule has 1 saturated heterocycles. The first-order chi connectivity index (χ1) is 5.36. The number of methoxy groups -OCH3 is 1. The maximum Gasteiger partial charge on any atom is 0.157 e. The van der Waals surface area contributed by atoms with Gasteiger partial charge in [-0.25, -0.2) is 0 Å². The van der Waals surface area contributed by atoms with Gasteiger partial charge in [0.2, 0.25) is 0 Å². The van der Waals surface area contributed by atoms with Crippen molar-refractivity contribution in [3.05, 3.63) is 0 Å². The van der Waals surface area contributed by atoms with Crippen LogP contribution >= 0.6 is 0 Å². The van der Waals surface area contributed by atoms with Crippen molar-refractivity contribution in [3.8, 4) is 0 Å². The van der Waals surface area contributed by atoms with Gasteiger partial charge in [0.1, 0.15) is 0 Å². The maximum absolute atomic E-state index is 5.59. The number of likely N-dealkylation sites (N-methyl/N-ethyl adjacent to an activating group) is 1. The van der Waals surface area contributed by atoms with Gasteiger partial charge >= 0.3 is 0 Å². The van der Waals surface area contributed by atoms with Crippen LogP contribution in [0.2, 0.25) is 0 Å². The van der Waals surface area contributed by atoms with Gasteiger partial charge in [-0.1, -0.05) is 0 Å². The van der Waals surface area contributed by atoms with E-state index in [0.29, 0.717) is 6.10 Å². The summed E-state index contributed by atoms with van der Waals surface area (Å²) in [6.07, 6.45) is 3.78. The van der Waals surface area contributed by atoms with Crippen LogP contribution in [0.5, 0.6) is 0 Å². The van der Waals surface area contributed by atoms with Gasteiger partial charge in [-0.15, -0.1) is 0 Å². The van der Waals surface area contributed by atoms with E-state index < -0.39 is 0 Å². The molecule has 1 N–H and O–H groups in total. The molecular weight excluding hydrogens is 142 g/mol. The second kappa shape index (κ2) is 4.70. The molecule has 0 aromatic carbocycles. The van der Waals surface area contributed by atoms with Crippen molar-refractivity contribution in [1.82, 2.24) is 5.32 Å². The molecule has 1 aliphatic rings. The van der Waals surface area contributed by atoms with Gasteiger partial charge in [-0.05, 0) is 26.3 Å². The minimum absolute atomic E-state index is 0.0297. The summed E-state index contributed by atoms with van der Waals surface area (Å²) in [7, 11) is 3.65. The molecule has 3 heteroatoms. The predicted octanol–water partition coefficient (Wildman–Crippen LogP) is 0.747. The zero-order valence-electron chi connectivity index (χ0n) is 7.30. The lowest BCUT2D eigenvalue weighted by molar-refractivity contribution is -0.178. The molecule has 0 aromatic heterocycles. The average Bonchev–Trinajstić information content (AvgIpc) is 2.06. The van der Waals surface area contributed by atoms with E-state index in [1.807, 2.05) is 7.05 Å². The molecule has 0 spiro atoms. The third kappa shape index (κ3) is 2.77. The summed E-state index contributed by atoms with van der Waals surface area (Å²) in [6, 6.07) is 0. The first kappa shape index (κ1) is 8.97. The quantitative estimate of drug-likeness (QED) is 0.659. The monoisotopic (exact) mass is 159 g/mol. The summed E-state index contributed by atoms with van der Waals surface area (Å²) in [5.41, 5.74) is 0. The lowest BCUT2D eigenvalue weighted by Crippen LogP contribution is -2.35. The summed E-state index contributed by atoms with van der Waals surface area (Å²) in [6.45, 7) is 0.930. The number of hydrogen-bond donors (Lipinski definition) is 1. The van der Waals surface area contributed by atoms with Gasteiger partial charge < -0.3 is 14.8 Å². The minimum Gasteiger partial charge on any atom is -0.356 e. The van der Waals surface area contributed by atoms with E-state index >= 15 is 0 Å². The highest BCUT2D eigenvalue weighted by Gasteiger charge is 2.20. The van der Waals surface area contributed by atoms with E-state index in [-0.39, 0.29) is 6.29 Å². The van der Waals surface area contributed by atoms with Crippen LogP contribution in [0.1, 0.15) is 19.3 Å². The van der Waals surface area contributed by atoms with Crippen molar-refractivity contribution in [3.63, 3.8) is 0 Å². The summed E-state index contributed by atoms with van der Waals surface area (Å²) < 4.78 is 10.7. The van der Waals surface area contributed by atoms with E-state index in [1.54, 1.807) is 7.11 Å². The van der Waals surface area contributed by atoms with E-state index in [0.717, 1.165) is 19.4 Å². The molecule has 0 bridgehead atoms. The molecule has 0 aliphatic carbocycles. The Hall–Kier alpha value is -0.120. The third-order valence-corrected chi connectivity index (χ3v) is 2.00. The molecule has 1 rings (SSSR count). The Morgan fingerprint density at radius 1 is 1.55 bits per heavy atom. The highest BCUT2D eigenvalue weighted by atomic mass is 16.7. The summed E-state index contributed by atoms with van der Waals surface area (Å²) in [5.74, 6) is 0. The molecule has 11 heavy (non-hydrogen) atoms. The zero-order chi connectivity index (χ0) is 8.10. The van der Waals surface area contributed by atoms with Crippen molar-refractivity contribution < 1.29 is 9.47 Å². The molecule has 1 heterocycles. The molecule has 2 atom stereocenters. The molecule has 1 unspecified atom stereocenters. The number of nitrogens with one attached hydrogen (secondary N) is 1. The molecule has 1 aliphatic heterocycles. The van der Waals surface area contributed by atoms with E-state index in [1.165, 1.54) is 6.42 Å². The fourth-order valence-electron chi connectivity index (χ4n) is 1.41. The third-order valence-electron chi connectivity index (χ3n) is 2.00. The second-order valence-electron chi connectivity index (χ2n) is 2.91. The van der Waals surface area contributed by atoms with Gasteiger partial charge in [0, 0.05) is 13.7 Å². The van der Waals surface area contributed by atoms with Gasteiger partial charge in [-0.3, -0.25) is 0 Å². The summed E-state index contributed by atoms with van der Waals surface area (Å²) >= 11 is 0. The van der Waals surface area contributed by atoms with Crippen LogP contribution in [0.4, 0.5) is 0 Å². The molecule has 66 valence electrons. The smallest absolute Gasteiger partial charge is 0.157 e. The fourth-order valence-corrected chi connectivity index (χ4v) is 1.41. The van der Waals surface area contributed by atoms with Crippen molar-refractivity contribution >= 4 is 0 Å². The van der Waals surface area contributed by atoms with Crippen LogP contribution in [0.25, 0.3) is 0 Å². The Bertz CT molecular complexity index is 106. The van der Waals surface area contributed by atoms with E-state index in [4.69, 9.17) is 9.47 Å². The van der Waals surface area contributed by atoms with Crippen LogP contribution < -0.4 is 5.32 Å². The lowest BCUT2D eigenvalue weighted by atomic mass is 10.1. The van der Waals surface area contributed by atoms with Crippen molar-refractivity contribution in [2.45, 2.75) is 31.7 Å². The second-order valence-corrected chi connectivity index (χ2v) is 2.91. The molecule has 0 amide bonds. The largest absolute Gasteiger partial charge is 0.356 e. The summed E-state index contributed by atoms with van der Waals surface area (Å²) in [4.78, 5) is 0. The Morgan fingerprint density at radius 3 is 3.00 bits per heavy atom. The summed E-state index contributed by atoms with van der Waals surface area (Å²) in [5, 5.41) is 3.10. The first-order valence-electron chi connectivity index (χ1n) is 4.19. The molecule has 3 nitrogen and oxygen atoms in total. The molecule has 0 radical (unpaired) electrons. The highest BCUT2D eigenvalue weighted by molar-refractivity contribution is 4.67. The molecule has 0 aromatic rings. The maximum atomic E-state index is 5.59. The fraction of sp³-hybridized carbons (Fsp3) is 1.00. The van der Waals surface area contributed by atoms with Crippen LogP contribution in [0, 0.1) is 0 Å². The number of hydrogen-bond acceptors (Lipinski definition) is 3. The van der Waals surface area contributed by atoms with Crippen LogP contribution in [-0.2, 0) is 9.47 Å². The highest BCUT2D eigenvalue weighted by Crippen LogP contribution is 2.18. The Balaban J connectivity index is 2.21. The van der Waals surface area contributed by atoms with Gasteiger partial charge in [0.05, 0.1) is 6.10 Å². The Morgan fingerprint density at radius 2 is 2.36 bits per heavy atom. The van der Waals surface area contributed by atoms with Crippen molar-refractivity contribution in [2.24, 2.45) is 0 Å². The number of rotatable bonds is 3. The normalized spacial score (nSPS) is 32.2. The van der Waals surface area contributed by atoms with Gasteiger partial charge in [0.25, 0.3) is 0 Å². The van der Waals surface area contributed by atoms with Crippen LogP contribution in [0.3, 0.4) is 0 Å². The van der Waals surface area contributed by atoms with Crippen molar-refractivity contribution in [1.29, 1.82) is 0 Å². The van der Waals surface area contributed by atoms with Gasteiger partial charge in [0.15, 0.2) is 6.29 Å². The van der Waals surface area contributed by atoms with E-state index in [9.17, 15) is 0 Å². The predicted molar refractivity (Wildman–Crippen MR) is 43.4 cm³/mol. The molecular formula is C8H17NO2. The van der Waals surface area contributed by atoms with Crippen molar-refractivity contribution in [2.75, 3.05) is 20.7 Å². The Kier molecular flexibility index (Phi) is 3.83. The topological polar surface area (TPSA) is 30.5 Å². The lowest BCUT2D eigenvalue weighted by Gasteiger charge is -2.28. The minimum atomic E-state index is 0.0297. The molecule has 0 saturated carbocycles. The van der Waals surface area contributed by atoms with Gasteiger partial charge in [-0.2, -0.15) is 0 Å². The number of ether oxygens (including phenoxy) is 2. The average molecular weight is 159 g/mol. The van der Waals surface area contributed by atoms with E-state index in [2.05, 4.69) is 5.32 Å². The molecule has 1 fully saturated rings. The Labute approximate surface area is 68.1 Å².